The van der Waals surface area contributed by atoms with Gasteiger partial charge in [0.2, 0.25) is 5.89 Å². The smallest absolute Gasteiger partial charge is 0.314 e. The number of aromatic nitrogens is 2. The lowest BCUT2D eigenvalue weighted by molar-refractivity contribution is 0.0954. The highest BCUT2D eigenvalue weighted by Gasteiger charge is 2.09. The quantitative estimate of drug-likeness (QED) is 0.522. The second-order valence-corrected chi connectivity index (χ2v) is 7.17. The Labute approximate surface area is 166 Å². The standard InChI is InChI=1S/C18H24BrN5O3/c1-12(2)16-23-15(27-24-16)4-3-9-21-18(26)22-11-10-20-17(25)13-5-7-14(19)8-6-13/h5-8,12H,3-4,9-11H2,1-2H3,(H,20,25)(H2,21,22,26). The minimum absolute atomic E-state index is 0.176. The molecule has 0 aliphatic rings. The second-order valence-electron chi connectivity index (χ2n) is 6.25. The van der Waals surface area contributed by atoms with Crippen LogP contribution in [0, 0.1) is 0 Å². The molecule has 0 radical (unpaired) electrons. The average Bonchev–Trinajstić information content (AvgIpc) is 3.12. The molecule has 146 valence electrons. The minimum atomic E-state index is -0.277. The zero-order valence-electron chi connectivity index (χ0n) is 15.4. The topological polar surface area (TPSA) is 109 Å². The number of halogens is 1. The van der Waals surface area contributed by atoms with Crippen LogP contribution in [-0.2, 0) is 6.42 Å². The molecular weight excluding hydrogens is 414 g/mol. The maximum atomic E-state index is 11.9. The molecule has 2 rings (SSSR count). The summed E-state index contributed by atoms with van der Waals surface area (Å²) >= 11 is 3.32. The van der Waals surface area contributed by atoms with Gasteiger partial charge in [-0.1, -0.05) is 34.9 Å². The third-order valence-corrected chi connectivity index (χ3v) is 4.18. The Morgan fingerprint density at radius 2 is 1.74 bits per heavy atom. The third kappa shape index (κ3) is 7.38. The second kappa shape index (κ2) is 10.7. The molecule has 9 heteroatoms. The van der Waals surface area contributed by atoms with Crippen LogP contribution in [0.4, 0.5) is 4.79 Å². The van der Waals surface area contributed by atoms with Crippen LogP contribution in [0.5, 0.6) is 0 Å². The lowest BCUT2D eigenvalue weighted by atomic mass is 10.2. The van der Waals surface area contributed by atoms with Crippen LogP contribution in [0.1, 0.15) is 48.3 Å². The molecule has 0 saturated heterocycles. The number of benzene rings is 1. The van der Waals surface area contributed by atoms with E-state index in [0.29, 0.717) is 49.8 Å². The highest BCUT2D eigenvalue weighted by Crippen LogP contribution is 2.11. The maximum Gasteiger partial charge on any atom is 0.314 e. The highest BCUT2D eigenvalue weighted by molar-refractivity contribution is 9.10. The molecule has 0 aliphatic heterocycles. The molecule has 0 bridgehead atoms. The summed E-state index contributed by atoms with van der Waals surface area (Å²) in [7, 11) is 0. The van der Waals surface area contributed by atoms with Crippen LogP contribution >= 0.6 is 15.9 Å². The number of nitrogens with one attached hydrogen (secondary N) is 3. The molecule has 0 spiro atoms. The lowest BCUT2D eigenvalue weighted by Crippen LogP contribution is -2.40. The maximum absolute atomic E-state index is 11.9. The van der Waals surface area contributed by atoms with Gasteiger partial charge in [-0.15, -0.1) is 0 Å². The van der Waals surface area contributed by atoms with E-state index in [1.165, 1.54) is 0 Å². The van der Waals surface area contributed by atoms with Gasteiger partial charge in [-0.2, -0.15) is 4.98 Å². The summed E-state index contributed by atoms with van der Waals surface area (Å²) in [5.41, 5.74) is 0.573. The summed E-state index contributed by atoms with van der Waals surface area (Å²) in [5, 5.41) is 12.1. The van der Waals surface area contributed by atoms with Gasteiger partial charge in [0.1, 0.15) is 0 Å². The molecular formula is C18H24BrN5O3. The number of rotatable bonds is 9. The Morgan fingerprint density at radius 3 is 2.41 bits per heavy atom. The van der Waals surface area contributed by atoms with Gasteiger partial charge in [-0.05, 0) is 30.7 Å². The first kappa shape index (κ1) is 20.9. The third-order valence-electron chi connectivity index (χ3n) is 3.66. The van der Waals surface area contributed by atoms with E-state index in [1.807, 2.05) is 13.8 Å². The number of amides is 3. The van der Waals surface area contributed by atoms with Crippen molar-refractivity contribution in [1.82, 2.24) is 26.1 Å². The van der Waals surface area contributed by atoms with Crippen molar-refractivity contribution in [3.63, 3.8) is 0 Å². The fourth-order valence-corrected chi connectivity index (χ4v) is 2.43. The Balaban J connectivity index is 1.54. The van der Waals surface area contributed by atoms with Crippen molar-refractivity contribution in [3.05, 3.63) is 46.0 Å². The Bertz CT molecular complexity index is 746. The zero-order chi connectivity index (χ0) is 19.6. The first-order valence-electron chi connectivity index (χ1n) is 8.83. The number of hydrogen-bond acceptors (Lipinski definition) is 5. The fraction of sp³-hybridized carbons (Fsp3) is 0.444. The molecule has 0 aliphatic carbocycles. The summed E-state index contributed by atoms with van der Waals surface area (Å²) < 4.78 is 6.06. The van der Waals surface area contributed by atoms with Gasteiger partial charge in [0.05, 0.1) is 0 Å². The first-order valence-corrected chi connectivity index (χ1v) is 9.63. The number of carbonyl (C=O) groups is 2. The summed E-state index contributed by atoms with van der Waals surface area (Å²) in [6.07, 6.45) is 1.32. The van der Waals surface area contributed by atoms with Gasteiger partial charge < -0.3 is 20.5 Å². The van der Waals surface area contributed by atoms with E-state index in [9.17, 15) is 9.59 Å². The van der Waals surface area contributed by atoms with Crippen molar-refractivity contribution in [2.24, 2.45) is 0 Å². The van der Waals surface area contributed by atoms with E-state index >= 15 is 0 Å². The van der Waals surface area contributed by atoms with Crippen LogP contribution in [0.25, 0.3) is 0 Å². The number of hydrogen-bond donors (Lipinski definition) is 3. The number of carbonyl (C=O) groups excluding carboxylic acids is 2. The lowest BCUT2D eigenvalue weighted by Gasteiger charge is -2.08. The van der Waals surface area contributed by atoms with Crippen LogP contribution in [0.2, 0.25) is 0 Å². The molecule has 1 aromatic heterocycles. The normalized spacial score (nSPS) is 10.7. The van der Waals surface area contributed by atoms with E-state index in [1.54, 1.807) is 24.3 Å². The van der Waals surface area contributed by atoms with E-state index in [-0.39, 0.29) is 17.9 Å². The summed E-state index contributed by atoms with van der Waals surface area (Å²) in [6, 6.07) is 6.79. The van der Waals surface area contributed by atoms with E-state index in [4.69, 9.17) is 4.52 Å². The highest BCUT2D eigenvalue weighted by atomic mass is 79.9. The van der Waals surface area contributed by atoms with Crippen LogP contribution in [0.3, 0.4) is 0 Å². The fourth-order valence-electron chi connectivity index (χ4n) is 2.16. The zero-order valence-corrected chi connectivity index (χ0v) is 17.0. The van der Waals surface area contributed by atoms with Gasteiger partial charge in [0.25, 0.3) is 5.91 Å². The Kier molecular flexibility index (Phi) is 8.25. The van der Waals surface area contributed by atoms with E-state index < -0.39 is 0 Å². The molecule has 27 heavy (non-hydrogen) atoms. The SMILES string of the molecule is CC(C)c1noc(CCCNC(=O)NCCNC(=O)c2ccc(Br)cc2)n1. The van der Waals surface area contributed by atoms with Gasteiger partial charge in [-0.3, -0.25) is 4.79 Å². The summed E-state index contributed by atoms with van der Waals surface area (Å²) in [6.45, 7) is 5.19. The van der Waals surface area contributed by atoms with Crippen molar-refractivity contribution in [2.45, 2.75) is 32.6 Å². The number of nitrogens with zero attached hydrogens (tertiary/aromatic N) is 2. The van der Waals surface area contributed by atoms with Crippen molar-refractivity contribution in [1.29, 1.82) is 0 Å². The average molecular weight is 438 g/mol. The molecule has 3 N–H and O–H groups in total. The Hall–Kier alpha value is -2.42. The van der Waals surface area contributed by atoms with E-state index in [0.717, 1.165) is 4.47 Å². The van der Waals surface area contributed by atoms with Crippen LogP contribution < -0.4 is 16.0 Å². The van der Waals surface area contributed by atoms with Gasteiger partial charge in [-0.25, -0.2) is 4.79 Å². The molecule has 0 fully saturated rings. The molecule has 0 atom stereocenters. The van der Waals surface area contributed by atoms with E-state index in [2.05, 4.69) is 42.0 Å². The largest absolute Gasteiger partial charge is 0.350 e. The number of aryl methyl sites for hydroxylation is 1. The molecule has 3 amide bonds. The van der Waals surface area contributed by atoms with Crippen LogP contribution in [-0.4, -0.2) is 41.7 Å². The van der Waals surface area contributed by atoms with Crippen molar-refractivity contribution < 1.29 is 14.1 Å². The molecule has 0 unspecified atom stereocenters. The van der Waals surface area contributed by atoms with Gasteiger partial charge in [0, 0.05) is 42.0 Å². The van der Waals surface area contributed by atoms with Crippen molar-refractivity contribution in [2.75, 3.05) is 19.6 Å². The van der Waals surface area contributed by atoms with Gasteiger partial charge in [0.15, 0.2) is 5.82 Å². The number of urea groups is 1. The molecule has 2 aromatic rings. The molecule has 1 heterocycles. The monoisotopic (exact) mass is 437 g/mol. The molecule has 8 nitrogen and oxygen atoms in total. The summed E-state index contributed by atoms with van der Waals surface area (Å²) in [4.78, 5) is 27.9. The predicted octanol–water partition coefficient (Wildman–Crippen LogP) is 2.62. The van der Waals surface area contributed by atoms with Crippen molar-refractivity contribution >= 4 is 27.9 Å². The summed E-state index contributed by atoms with van der Waals surface area (Å²) in [5.74, 6) is 1.33. The van der Waals surface area contributed by atoms with Crippen molar-refractivity contribution in [3.8, 4) is 0 Å². The predicted molar refractivity (Wildman–Crippen MR) is 105 cm³/mol. The first-order chi connectivity index (χ1) is 13.0. The van der Waals surface area contributed by atoms with Gasteiger partial charge >= 0.3 is 6.03 Å². The molecule has 0 saturated carbocycles. The Morgan fingerprint density at radius 1 is 1.07 bits per heavy atom. The molecule has 1 aromatic carbocycles. The van der Waals surface area contributed by atoms with Crippen LogP contribution in [0.15, 0.2) is 33.3 Å². The minimum Gasteiger partial charge on any atom is -0.350 e.